The van der Waals surface area contributed by atoms with Gasteiger partial charge in [-0.2, -0.15) is 0 Å². The van der Waals surface area contributed by atoms with Crippen LogP contribution in [0.3, 0.4) is 0 Å². The molecule has 3 heterocycles. The predicted molar refractivity (Wildman–Crippen MR) is 117 cm³/mol. The standard InChI is InChI=1S/C24H28N4O2/c1-18-10-15-27(16-11-18)14-6-12-25-17-21-19-7-2-3-8-20(19)23(29)28(24(21)30)22-9-4-5-13-26-22/h2-5,7-9,13,17-18,21H,6,10-12,14-16H2,1H3/p+1. The molecule has 30 heavy (non-hydrogen) atoms. The number of aliphatic imine (C=N–C) groups is 1. The fourth-order valence-electron chi connectivity index (χ4n) is 4.32. The molecule has 2 aromatic rings. The van der Waals surface area contributed by atoms with Gasteiger partial charge in [0.15, 0.2) is 0 Å². The first-order chi connectivity index (χ1) is 14.6. The highest BCUT2D eigenvalue weighted by molar-refractivity contribution is 6.28. The molecule has 1 aromatic heterocycles. The summed E-state index contributed by atoms with van der Waals surface area (Å²) in [6, 6.07) is 12.5. The Kier molecular flexibility index (Phi) is 6.33. The molecule has 2 aliphatic heterocycles. The average Bonchev–Trinajstić information content (AvgIpc) is 2.78. The number of piperidine rings is 1. The van der Waals surface area contributed by atoms with E-state index in [1.165, 1.54) is 30.8 Å². The van der Waals surface area contributed by atoms with Crippen molar-refractivity contribution in [2.75, 3.05) is 31.1 Å². The van der Waals surface area contributed by atoms with Gasteiger partial charge in [-0.15, -0.1) is 0 Å². The van der Waals surface area contributed by atoms with E-state index in [1.807, 2.05) is 18.2 Å². The minimum absolute atomic E-state index is 0.295. The van der Waals surface area contributed by atoms with Gasteiger partial charge in [-0.05, 0) is 42.5 Å². The van der Waals surface area contributed by atoms with Crippen molar-refractivity contribution < 1.29 is 14.5 Å². The Labute approximate surface area is 177 Å². The largest absolute Gasteiger partial charge is 0.335 e. The molecular formula is C24H29N4O2+. The number of hydrogen-bond donors (Lipinski definition) is 1. The number of pyridine rings is 1. The third-order valence-electron chi connectivity index (χ3n) is 6.15. The Bertz CT molecular complexity index is 920. The molecule has 0 saturated carbocycles. The van der Waals surface area contributed by atoms with Crippen molar-refractivity contribution in [3.8, 4) is 0 Å². The van der Waals surface area contributed by atoms with Crippen molar-refractivity contribution in [3.63, 3.8) is 0 Å². The zero-order valence-corrected chi connectivity index (χ0v) is 17.5. The van der Waals surface area contributed by atoms with Crippen molar-refractivity contribution >= 4 is 23.8 Å². The van der Waals surface area contributed by atoms with E-state index in [0.29, 0.717) is 17.9 Å². The lowest BCUT2D eigenvalue weighted by Gasteiger charge is -2.30. The Morgan fingerprint density at radius 1 is 1.13 bits per heavy atom. The maximum atomic E-state index is 13.2. The van der Waals surface area contributed by atoms with E-state index in [1.54, 1.807) is 41.6 Å². The molecule has 156 valence electrons. The third-order valence-corrected chi connectivity index (χ3v) is 6.15. The van der Waals surface area contributed by atoms with Crippen molar-refractivity contribution in [1.29, 1.82) is 0 Å². The number of fused-ring (bicyclic) bond motifs is 1. The van der Waals surface area contributed by atoms with Crippen LogP contribution in [-0.2, 0) is 4.79 Å². The molecule has 1 unspecified atom stereocenters. The number of benzene rings is 1. The number of carbonyl (C=O) groups excluding carboxylic acids is 2. The van der Waals surface area contributed by atoms with Crippen LogP contribution in [0, 0.1) is 5.92 Å². The topological polar surface area (TPSA) is 67.1 Å². The summed E-state index contributed by atoms with van der Waals surface area (Å²) < 4.78 is 0. The summed E-state index contributed by atoms with van der Waals surface area (Å²) >= 11 is 0. The molecule has 2 amide bonds. The molecule has 6 heteroatoms. The van der Waals surface area contributed by atoms with E-state index in [2.05, 4.69) is 16.9 Å². The summed E-state index contributed by atoms with van der Waals surface area (Å²) in [5.74, 6) is 0.0139. The molecule has 6 nitrogen and oxygen atoms in total. The highest BCUT2D eigenvalue weighted by atomic mass is 16.2. The number of quaternary nitrogens is 1. The normalized spacial score (nSPS) is 24.3. The van der Waals surface area contributed by atoms with Crippen LogP contribution >= 0.6 is 0 Å². The summed E-state index contributed by atoms with van der Waals surface area (Å²) in [6.45, 7) is 6.65. The Morgan fingerprint density at radius 2 is 1.90 bits per heavy atom. The van der Waals surface area contributed by atoms with Crippen molar-refractivity contribution in [2.24, 2.45) is 10.9 Å². The molecule has 2 aliphatic rings. The SMILES string of the molecule is CC1CC[NH+](CCCN=CC2C(=O)N(c3ccccn3)C(=O)c3ccccc32)CC1. The monoisotopic (exact) mass is 405 g/mol. The van der Waals surface area contributed by atoms with Crippen molar-refractivity contribution in [1.82, 2.24) is 4.98 Å². The van der Waals surface area contributed by atoms with Gasteiger partial charge in [0, 0.05) is 30.9 Å². The Morgan fingerprint density at radius 3 is 2.67 bits per heavy atom. The van der Waals surface area contributed by atoms with Crippen LogP contribution in [0.2, 0.25) is 0 Å². The number of rotatable bonds is 6. The Hall–Kier alpha value is -2.86. The molecule has 1 fully saturated rings. The van der Waals surface area contributed by atoms with Crippen LogP contribution in [0.1, 0.15) is 48.0 Å². The van der Waals surface area contributed by atoms with Gasteiger partial charge in [-0.3, -0.25) is 14.6 Å². The van der Waals surface area contributed by atoms with Gasteiger partial charge < -0.3 is 4.90 Å². The molecule has 0 aliphatic carbocycles. The number of imide groups is 1. The third kappa shape index (κ3) is 4.33. The molecule has 1 N–H and O–H groups in total. The van der Waals surface area contributed by atoms with Crippen LogP contribution in [0.5, 0.6) is 0 Å². The van der Waals surface area contributed by atoms with E-state index in [4.69, 9.17) is 0 Å². The number of hydrogen-bond acceptors (Lipinski definition) is 4. The summed E-state index contributed by atoms with van der Waals surface area (Å²) in [5.41, 5.74) is 1.25. The molecule has 1 aromatic carbocycles. The van der Waals surface area contributed by atoms with Gasteiger partial charge in [0.25, 0.3) is 5.91 Å². The highest BCUT2D eigenvalue weighted by Gasteiger charge is 2.39. The van der Waals surface area contributed by atoms with E-state index >= 15 is 0 Å². The average molecular weight is 406 g/mol. The van der Waals surface area contributed by atoms with Crippen molar-refractivity contribution in [2.45, 2.75) is 32.1 Å². The molecule has 0 spiro atoms. The summed E-state index contributed by atoms with van der Waals surface area (Å²) in [5, 5.41) is 0. The summed E-state index contributed by atoms with van der Waals surface area (Å²) in [4.78, 5) is 37.8. The van der Waals surface area contributed by atoms with Crippen molar-refractivity contribution in [3.05, 3.63) is 59.8 Å². The van der Waals surface area contributed by atoms with Gasteiger partial charge in [0.2, 0.25) is 5.91 Å². The van der Waals surface area contributed by atoms with Crippen LogP contribution in [0.25, 0.3) is 0 Å². The quantitative estimate of drug-likeness (QED) is 0.455. The second-order valence-corrected chi connectivity index (χ2v) is 8.32. The maximum Gasteiger partial charge on any atom is 0.266 e. The number of anilines is 1. The second kappa shape index (κ2) is 9.30. The molecular weight excluding hydrogens is 376 g/mol. The molecule has 0 radical (unpaired) electrons. The fourth-order valence-corrected chi connectivity index (χ4v) is 4.32. The fraction of sp³-hybridized carbons (Fsp3) is 0.417. The van der Waals surface area contributed by atoms with E-state index in [-0.39, 0.29) is 11.8 Å². The minimum atomic E-state index is -0.566. The Balaban J connectivity index is 1.46. The minimum Gasteiger partial charge on any atom is -0.335 e. The summed E-state index contributed by atoms with van der Waals surface area (Å²) in [7, 11) is 0. The zero-order valence-electron chi connectivity index (χ0n) is 17.5. The van der Waals surface area contributed by atoms with Crippen LogP contribution in [-0.4, -0.2) is 49.2 Å². The lowest BCUT2D eigenvalue weighted by molar-refractivity contribution is -0.906. The first-order valence-corrected chi connectivity index (χ1v) is 10.9. The lowest BCUT2D eigenvalue weighted by Crippen LogP contribution is -3.13. The maximum absolute atomic E-state index is 13.2. The van der Waals surface area contributed by atoms with E-state index in [0.717, 1.165) is 24.4 Å². The highest BCUT2D eigenvalue weighted by Crippen LogP contribution is 2.30. The van der Waals surface area contributed by atoms with Gasteiger partial charge in [-0.25, -0.2) is 9.88 Å². The van der Waals surface area contributed by atoms with Gasteiger partial charge in [0.1, 0.15) is 5.82 Å². The van der Waals surface area contributed by atoms with E-state index < -0.39 is 5.92 Å². The van der Waals surface area contributed by atoms with Crippen LogP contribution in [0.4, 0.5) is 5.82 Å². The second-order valence-electron chi connectivity index (χ2n) is 8.32. The van der Waals surface area contributed by atoms with E-state index in [9.17, 15) is 9.59 Å². The molecule has 0 bridgehead atoms. The summed E-state index contributed by atoms with van der Waals surface area (Å²) in [6.07, 6.45) is 6.93. The zero-order chi connectivity index (χ0) is 20.9. The molecule has 1 saturated heterocycles. The first-order valence-electron chi connectivity index (χ1n) is 10.9. The van der Waals surface area contributed by atoms with Gasteiger partial charge >= 0.3 is 0 Å². The van der Waals surface area contributed by atoms with Crippen LogP contribution in [0.15, 0.2) is 53.7 Å². The van der Waals surface area contributed by atoms with Gasteiger partial charge in [-0.1, -0.05) is 31.2 Å². The number of carbonyl (C=O) groups is 2. The van der Waals surface area contributed by atoms with Gasteiger partial charge in [0.05, 0.1) is 25.6 Å². The smallest absolute Gasteiger partial charge is 0.266 e. The number of aromatic nitrogens is 1. The molecule has 4 rings (SSSR count). The lowest BCUT2D eigenvalue weighted by atomic mass is 9.89. The first kappa shape index (κ1) is 20.4. The number of nitrogens with one attached hydrogen (secondary N) is 1. The predicted octanol–water partition coefficient (Wildman–Crippen LogP) is 2.13. The van der Waals surface area contributed by atoms with Crippen LogP contribution < -0.4 is 9.80 Å². The molecule has 1 atom stereocenters. The number of nitrogens with zero attached hydrogens (tertiary/aromatic N) is 3. The number of likely N-dealkylation sites (tertiary alicyclic amines) is 1. The number of amides is 2.